The maximum atomic E-state index is 12.1. The molecule has 0 amide bonds. The van der Waals surface area contributed by atoms with E-state index in [0.29, 0.717) is 49.2 Å². The number of carboxylic acid groups (broad SMARTS) is 1. The molecule has 160 valence electrons. The lowest BCUT2D eigenvalue weighted by molar-refractivity contribution is -0.689. The molecule has 2 N–H and O–H groups in total. The van der Waals surface area contributed by atoms with Crippen LogP contribution in [0.2, 0.25) is 0 Å². The van der Waals surface area contributed by atoms with Crippen LogP contribution in [0.25, 0.3) is 0 Å². The van der Waals surface area contributed by atoms with Gasteiger partial charge in [0.25, 0.3) is 5.56 Å². The van der Waals surface area contributed by atoms with Crippen LogP contribution in [-0.2, 0) is 17.8 Å². The SMILES string of the molecule is Cc1ncc(C[n+]2csc(CC[C@H](CC(=O)O)N(CCCl)CCCl)c2C)c(=O)[nH]1. The van der Waals surface area contributed by atoms with Gasteiger partial charge in [0.15, 0.2) is 12.2 Å². The van der Waals surface area contributed by atoms with Gasteiger partial charge in [-0.1, -0.05) is 11.3 Å². The summed E-state index contributed by atoms with van der Waals surface area (Å²) in [7, 11) is 0. The number of aromatic amines is 1. The molecule has 0 fully saturated rings. The molecular weight excluding hydrogens is 435 g/mol. The van der Waals surface area contributed by atoms with Crippen LogP contribution in [0.4, 0.5) is 0 Å². The van der Waals surface area contributed by atoms with Crippen LogP contribution in [0.15, 0.2) is 16.5 Å². The number of thiazole rings is 1. The van der Waals surface area contributed by atoms with Crippen LogP contribution in [0, 0.1) is 13.8 Å². The van der Waals surface area contributed by atoms with Crippen LogP contribution < -0.4 is 10.1 Å². The Morgan fingerprint density at radius 1 is 1.34 bits per heavy atom. The van der Waals surface area contributed by atoms with Gasteiger partial charge >= 0.3 is 5.97 Å². The fraction of sp³-hybridized carbons (Fsp3) is 0.579. The molecule has 0 unspecified atom stereocenters. The van der Waals surface area contributed by atoms with E-state index in [4.69, 9.17) is 23.2 Å². The normalized spacial score (nSPS) is 12.4. The number of halogens is 2. The minimum absolute atomic E-state index is 0.0581. The molecule has 0 saturated carbocycles. The zero-order chi connectivity index (χ0) is 21.4. The highest BCUT2D eigenvalue weighted by molar-refractivity contribution is 7.09. The van der Waals surface area contributed by atoms with Gasteiger partial charge in [-0.25, -0.2) is 4.98 Å². The second-order valence-electron chi connectivity index (χ2n) is 6.89. The van der Waals surface area contributed by atoms with E-state index >= 15 is 0 Å². The van der Waals surface area contributed by atoms with Crippen molar-refractivity contribution in [3.8, 4) is 0 Å². The fourth-order valence-electron chi connectivity index (χ4n) is 3.26. The molecule has 7 nitrogen and oxygen atoms in total. The van der Waals surface area contributed by atoms with Crippen molar-refractivity contribution in [3.05, 3.63) is 44.0 Å². The molecule has 0 radical (unpaired) electrons. The number of hydrogen-bond donors (Lipinski definition) is 2. The van der Waals surface area contributed by atoms with Gasteiger partial charge in [0.2, 0.25) is 5.51 Å². The Hall–Kier alpha value is -1.48. The van der Waals surface area contributed by atoms with Gasteiger partial charge in [0.05, 0.1) is 11.3 Å². The number of hydrogen-bond acceptors (Lipinski definition) is 5. The van der Waals surface area contributed by atoms with Gasteiger partial charge in [-0.2, -0.15) is 4.57 Å². The van der Waals surface area contributed by atoms with E-state index in [0.717, 1.165) is 12.1 Å². The molecule has 29 heavy (non-hydrogen) atoms. The van der Waals surface area contributed by atoms with Gasteiger partial charge in [-0.05, 0) is 19.8 Å². The highest BCUT2D eigenvalue weighted by atomic mass is 35.5. The maximum Gasteiger partial charge on any atom is 0.304 e. The first-order chi connectivity index (χ1) is 13.8. The van der Waals surface area contributed by atoms with Crippen molar-refractivity contribution in [1.82, 2.24) is 14.9 Å². The van der Waals surface area contributed by atoms with E-state index in [9.17, 15) is 14.7 Å². The molecule has 2 rings (SSSR count). The number of carbonyl (C=O) groups is 1. The van der Waals surface area contributed by atoms with Gasteiger partial charge in [-0.15, -0.1) is 23.2 Å². The molecular formula is C19H27Cl2N4O3S+. The van der Waals surface area contributed by atoms with Crippen molar-refractivity contribution < 1.29 is 14.5 Å². The molecule has 0 spiro atoms. The summed E-state index contributed by atoms with van der Waals surface area (Å²) in [5.74, 6) is 0.636. The van der Waals surface area contributed by atoms with Gasteiger partial charge < -0.3 is 10.1 Å². The number of alkyl halides is 2. The predicted molar refractivity (Wildman–Crippen MR) is 115 cm³/mol. The van der Waals surface area contributed by atoms with Crippen molar-refractivity contribution in [2.45, 2.75) is 45.7 Å². The van der Waals surface area contributed by atoms with E-state index in [1.165, 1.54) is 4.88 Å². The highest BCUT2D eigenvalue weighted by Crippen LogP contribution is 2.19. The van der Waals surface area contributed by atoms with E-state index < -0.39 is 5.97 Å². The summed E-state index contributed by atoms with van der Waals surface area (Å²) >= 11 is 13.4. The molecule has 0 aliphatic carbocycles. The van der Waals surface area contributed by atoms with Gasteiger partial charge in [0.1, 0.15) is 11.4 Å². The maximum absolute atomic E-state index is 12.1. The first-order valence-electron chi connectivity index (χ1n) is 9.44. The summed E-state index contributed by atoms with van der Waals surface area (Å²) in [6.45, 7) is 5.44. The number of aryl methyl sites for hydroxylation is 2. The van der Waals surface area contributed by atoms with Crippen LogP contribution >= 0.6 is 34.5 Å². The molecule has 10 heteroatoms. The molecule has 0 aliphatic heterocycles. The molecule has 2 heterocycles. The van der Waals surface area contributed by atoms with Crippen molar-refractivity contribution in [2.75, 3.05) is 24.8 Å². The minimum Gasteiger partial charge on any atom is -0.481 e. The van der Waals surface area contributed by atoms with Crippen molar-refractivity contribution >= 4 is 40.5 Å². The number of rotatable bonds is 12. The van der Waals surface area contributed by atoms with Crippen LogP contribution in [0.3, 0.4) is 0 Å². The molecule has 2 aromatic heterocycles. The third-order valence-corrected chi connectivity index (χ3v) is 6.35. The lowest BCUT2D eigenvalue weighted by atomic mass is 10.0. The Labute approximate surface area is 184 Å². The fourth-order valence-corrected chi connectivity index (χ4v) is 4.71. The first kappa shape index (κ1) is 23.8. The van der Waals surface area contributed by atoms with Gasteiger partial charge in [0, 0.05) is 44.0 Å². The molecule has 0 aliphatic rings. The Bertz CT molecular complexity index is 865. The largest absolute Gasteiger partial charge is 0.481 e. The Kier molecular flexibility index (Phi) is 9.55. The van der Waals surface area contributed by atoms with E-state index in [2.05, 4.69) is 14.9 Å². The topological polar surface area (TPSA) is 90.2 Å². The van der Waals surface area contributed by atoms with E-state index in [1.807, 2.05) is 17.0 Å². The smallest absolute Gasteiger partial charge is 0.304 e. The summed E-state index contributed by atoms with van der Waals surface area (Å²) in [6.07, 6.45) is 3.12. The second kappa shape index (κ2) is 11.6. The zero-order valence-corrected chi connectivity index (χ0v) is 19.0. The van der Waals surface area contributed by atoms with E-state index in [-0.39, 0.29) is 18.0 Å². The van der Waals surface area contributed by atoms with Crippen molar-refractivity contribution in [1.29, 1.82) is 0 Å². The van der Waals surface area contributed by atoms with Gasteiger partial charge in [-0.3, -0.25) is 14.5 Å². The van der Waals surface area contributed by atoms with Crippen LogP contribution in [-0.4, -0.2) is 56.8 Å². The van der Waals surface area contributed by atoms with Crippen LogP contribution in [0.1, 0.15) is 34.8 Å². The number of nitrogens with one attached hydrogen (secondary N) is 1. The number of carboxylic acids is 1. The first-order valence-corrected chi connectivity index (χ1v) is 11.4. The Morgan fingerprint density at radius 2 is 2.03 bits per heavy atom. The molecule has 2 aromatic rings. The monoisotopic (exact) mass is 461 g/mol. The molecule has 0 aromatic carbocycles. The lowest BCUT2D eigenvalue weighted by Crippen LogP contribution is -2.40. The predicted octanol–water partition coefficient (Wildman–Crippen LogP) is 2.34. The van der Waals surface area contributed by atoms with Crippen molar-refractivity contribution in [3.63, 3.8) is 0 Å². The summed E-state index contributed by atoms with van der Waals surface area (Å²) in [6, 6.07) is -0.121. The zero-order valence-electron chi connectivity index (χ0n) is 16.7. The third kappa shape index (κ3) is 7.06. The average molecular weight is 462 g/mol. The van der Waals surface area contributed by atoms with E-state index in [1.54, 1.807) is 24.5 Å². The number of nitrogens with zero attached hydrogens (tertiary/aromatic N) is 3. The van der Waals surface area contributed by atoms with Crippen LogP contribution in [0.5, 0.6) is 0 Å². The number of aromatic nitrogens is 3. The average Bonchev–Trinajstić information content (AvgIpc) is 3.00. The number of aliphatic carboxylic acids is 1. The highest BCUT2D eigenvalue weighted by Gasteiger charge is 2.23. The molecule has 1 atom stereocenters. The van der Waals surface area contributed by atoms with Crippen molar-refractivity contribution in [2.24, 2.45) is 0 Å². The standard InChI is InChI=1S/C19H26Cl2N4O3S/c1-13-17(4-3-16(9-18(26)27)24(7-5-20)8-6-21)29-12-25(13)11-15-10-22-14(2)23-19(15)28/h10,12,16H,3-9,11H2,1-2H3,(H-,22,23,26,27,28)/p+1/t16-/m1/s1. The molecule has 0 saturated heterocycles. The number of H-pyrrole nitrogens is 1. The Balaban J connectivity index is 2.10. The second-order valence-corrected chi connectivity index (χ2v) is 8.58. The summed E-state index contributed by atoms with van der Waals surface area (Å²) < 4.78 is 2.03. The Morgan fingerprint density at radius 3 is 2.62 bits per heavy atom. The third-order valence-electron chi connectivity index (χ3n) is 4.87. The summed E-state index contributed by atoms with van der Waals surface area (Å²) in [4.78, 5) is 33.5. The quantitative estimate of drug-likeness (QED) is 0.373. The molecule has 0 bridgehead atoms. The lowest BCUT2D eigenvalue weighted by Gasteiger charge is -2.29. The minimum atomic E-state index is -0.826. The summed E-state index contributed by atoms with van der Waals surface area (Å²) in [5, 5.41) is 9.30. The summed E-state index contributed by atoms with van der Waals surface area (Å²) in [5.41, 5.74) is 3.54.